The van der Waals surface area contributed by atoms with Crippen molar-refractivity contribution >= 4 is 0 Å². The molecule has 0 bridgehead atoms. The molecule has 0 aliphatic carbocycles. The molecular weight excluding hydrogens is 288 g/mol. The first-order valence-corrected chi connectivity index (χ1v) is 8.97. The molecule has 0 unspecified atom stereocenters. The zero-order valence-corrected chi connectivity index (χ0v) is 15.4. The van der Waals surface area contributed by atoms with Gasteiger partial charge in [0.15, 0.2) is 0 Å². The molecule has 2 rings (SSSR count). The third kappa shape index (κ3) is 10.3. The fraction of sp³-hybridized carbons (Fsp3) is 0.500. The monoisotopic (exact) mass is 330 g/mol. The average molecular weight is 331 g/mol. The van der Waals surface area contributed by atoms with Gasteiger partial charge in [0.25, 0.3) is 0 Å². The van der Waals surface area contributed by atoms with Crippen LogP contribution in [0.3, 0.4) is 0 Å². The zero-order chi connectivity index (χ0) is 16.8. The molecule has 0 atom stereocenters. The maximum atomic E-state index is 2.26. The van der Waals surface area contributed by atoms with E-state index in [1.54, 1.807) is 0 Å². The van der Waals surface area contributed by atoms with E-state index in [4.69, 9.17) is 0 Å². The maximum Gasteiger partial charge on any atom is -0.0238 e. The second kappa shape index (κ2) is 17.8. The predicted molar refractivity (Wildman–Crippen MR) is 115 cm³/mol. The molecule has 0 saturated heterocycles. The van der Waals surface area contributed by atoms with Crippen LogP contribution in [-0.4, -0.2) is 0 Å². The third-order valence-electron chi connectivity index (χ3n) is 3.56. The van der Waals surface area contributed by atoms with Crippen molar-refractivity contribution in [2.45, 2.75) is 82.1 Å². The van der Waals surface area contributed by atoms with Gasteiger partial charge >= 0.3 is 0 Å². The average Bonchev–Trinajstić information content (AvgIpc) is 2.64. The SMILES string of the molecule is C.C.CC.CC.CCc1ccc(CCc2ccc(CC)cc2)cc1. The Morgan fingerprint density at radius 1 is 0.458 bits per heavy atom. The second-order valence-electron chi connectivity index (χ2n) is 4.84. The molecule has 24 heavy (non-hydrogen) atoms. The van der Waals surface area contributed by atoms with Gasteiger partial charge in [-0.05, 0) is 47.9 Å². The van der Waals surface area contributed by atoms with Crippen LogP contribution in [0.15, 0.2) is 48.5 Å². The first-order valence-electron chi connectivity index (χ1n) is 8.97. The summed E-state index contributed by atoms with van der Waals surface area (Å²) in [6, 6.07) is 18.0. The molecule has 0 amide bonds. The molecule has 0 heteroatoms. The molecule has 0 nitrogen and oxygen atoms in total. The Morgan fingerprint density at radius 2 is 0.667 bits per heavy atom. The van der Waals surface area contributed by atoms with Crippen LogP contribution in [-0.2, 0) is 25.7 Å². The van der Waals surface area contributed by atoms with Gasteiger partial charge < -0.3 is 0 Å². The van der Waals surface area contributed by atoms with Crippen LogP contribution in [0.4, 0.5) is 0 Å². The first kappa shape index (κ1) is 27.3. The van der Waals surface area contributed by atoms with Crippen LogP contribution in [0.25, 0.3) is 0 Å². The van der Waals surface area contributed by atoms with Crippen molar-refractivity contribution in [3.63, 3.8) is 0 Å². The highest BCUT2D eigenvalue weighted by Gasteiger charge is 1.97. The van der Waals surface area contributed by atoms with E-state index in [0.29, 0.717) is 0 Å². The van der Waals surface area contributed by atoms with Gasteiger partial charge in [-0.25, -0.2) is 0 Å². The summed E-state index contributed by atoms with van der Waals surface area (Å²) in [7, 11) is 0. The van der Waals surface area contributed by atoms with Gasteiger partial charge in [0.05, 0.1) is 0 Å². The lowest BCUT2D eigenvalue weighted by atomic mass is 10.0. The van der Waals surface area contributed by atoms with Crippen molar-refractivity contribution in [3.05, 3.63) is 70.8 Å². The summed E-state index contributed by atoms with van der Waals surface area (Å²) in [5, 5.41) is 0. The summed E-state index contributed by atoms with van der Waals surface area (Å²) in [4.78, 5) is 0. The lowest BCUT2D eigenvalue weighted by molar-refractivity contribution is 0.954. The fourth-order valence-electron chi connectivity index (χ4n) is 2.17. The highest BCUT2D eigenvalue weighted by Crippen LogP contribution is 2.11. The quantitative estimate of drug-likeness (QED) is 0.522. The molecule has 2 aromatic carbocycles. The Labute approximate surface area is 153 Å². The molecule has 0 spiro atoms. The van der Waals surface area contributed by atoms with E-state index in [9.17, 15) is 0 Å². The number of benzene rings is 2. The number of hydrogen-bond acceptors (Lipinski definition) is 0. The maximum absolute atomic E-state index is 2.26. The Hall–Kier alpha value is -1.56. The highest BCUT2D eigenvalue weighted by molar-refractivity contribution is 5.26. The summed E-state index contributed by atoms with van der Waals surface area (Å²) >= 11 is 0. The van der Waals surface area contributed by atoms with Gasteiger partial charge in [0.2, 0.25) is 0 Å². The Morgan fingerprint density at radius 3 is 0.875 bits per heavy atom. The third-order valence-corrected chi connectivity index (χ3v) is 3.56. The predicted octanol–water partition coefficient (Wildman–Crippen LogP) is 7.92. The van der Waals surface area contributed by atoms with E-state index in [-0.39, 0.29) is 14.9 Å². The van der Waals surface area contributed by atoms with Crippen molar-refractivity contribution in [1.82, 2.24) is 0 Å². The van der Waals surface area contributed by atoms with Gasteiger partial charge in [-0.1, -0.05) is 105 Å². The van der Waals surface area contributed by atoms with E-state index in [1.165, 1.54) is 22.3 Å². The molecule has 0 radical (unpaired) electrons. The van der Waals surface area contributed by atoms with Gasteiger partial charge in [0.1, 0.15) is 0 Å². The summed E-state index contributed by atoms with van der Waals surface area (Å²) in [5.41, 5.74) is 5.72. The van der Waals surface area contributed by atoms with Gasteiger partial charge in [-0.15, -0.1) is 0 Å². The van der Waals surface area contributed by atoms with Crippen molar-refractivity contribution < 1.29 is 0 Å². The minimum atomic E-state index is 0. The van der Waals surface area contributed by atoms with Crippen LogP contribution in [0.2, 0.25) is 0 Å². The van der Waals surface area contributed by atoms with Gasteiger partial charge in [-0.3, -0.25) is 0 Å². The minimum absolute atomic E-state index is 0. The van der Waals surface area contributed by atoms with Crippen molar-refractivity contribution in [1.29, 1.82) is 0 Å². The zero-order valence-electron chi connectivity index (χ0n) is 15.4. The summed E-state index contributed by atoms with van der Waals surface area (Å²) < 4.78 is 0. The number of aryl methyl sites for hydroxylation is 4. The molecule has 0 fully saturated rings. The summed E-state index contributed by atoms with van der Waals surface area (Å²) in [5.74, 6) is 0. The molecule has 0 heterocycles. The van der Waals surface area contributed by atoms with Crippen LogP contribution >= 0.6 is 0 Å². The molecule has 138 valence electrons. The normalized spacial score (nSPS) is 8.42. The Balaban J connectivity index is -0.000000684. The topological polar surface area (TPSA) is 0 Å². The van der Waals surface area contributed by atoms with Crippen LogP contribution < -0.4 is 0 Å². The molecular formula is C24H42. The fourth-order valence-corrected chi connectivity index (χ4v) is 2.17. The van der Waals surface area contributed by atoms with E-state index < -0.39 is 0 Å². The van der Waals surface area contributed by atoms with Gasteiger partial charge in [0, 0.05) is 0 Å². The largest absolute Gasteiger partial charge is 0.0776 e. The lowest BCUT2D eigenvalue weighted by Crippen LogP contribution is -1.92. The molecule has 0 N–H and O–H groups in total. The standard InChI is InChI=1S/C18H22.2C2H6.2CH4/c1-3-15-5-9-17(10-6-15)13-14-18-11-7-16(4-2)8-12-18;2*1-2;;/h5-12H,3-4,13-14H2,1-2H3;2*1-2H3;2*1H4. The smallest absolute Gasteiger partial charge is 0.0238 e. The number of hydrogen-bond donors (Lipinski definition) is 0. The van der Waals surface area contributed by atoms with E-state index >= 15 is 0 Å². The molecule has 0 saturated carbocycles. The lowest BCUT2D eigenvalue weighted by Gasteiger charge is -2.04. The van der Waals surface area contributed by atoms with E-state index in [2.05, 4.69) is 62.4 Å². The first-order chi connectivity index (χ1) is 10.8. The minimum Gasteiger partial charge on any atom is -0.0776 e. The molecule has 2 aromatic rings. The molecule has 0 aliphatic heterocycles. The van der Waals surface area contributed by atoms with Crippen molar-refractivity contribution in [2.24, 2.45) is 0 Å². The van der Waals surface area contributed by atoms with Crippen molar-refractivity contribution in [2.75, 3.05) is 0 Å². The summed E-state index contributed by atoms with van der Waals surface area (Å²) in [6.45, 7) is 12.4. The van der Waals surface area contributed by atoms with Crippen LogP contribution in [0.1, 0.15) is 78.6 Å². The van der Waals surface area contributed by atoms with Crippen LogP contribution in [0, 0.1) is 0 Å². The Kier molecular flexibility index (Phi) is 20.2. The van der Waals surface area contributed by atoms with Crippen molar-refractivity contribution in [3.8, 4) is 0 Å². The Bertz CT molecular complexity index is 415. The number of rotatable bonds is 5. The van der Waals surface area contributed by atoms with Crippen LogP contribution in [0.5, 0.6) is 0 Å². The second-order valence-corrected chi connectivity index (χ2v) is 4.84. The highest BCUT2D eigenvalue weighted by atomic mass is 14.0. The summed E-state index contributed by atoms with van der Waals surface area (Å²) in [6.07, 6.45) is 4.52. The molecule has 0 aromatic heterocycles. The van der Waals surface area contributed by atoms with E-state index in [0.717, 1.165) is 25.7 Å². The van der Waals surface area contributed by atoms with E-state index in [1.807, 2.05) is 27.7 Å². The molecule has 0 aliphatic rings. The van der Waals surface area contributed by atoms with Gasteiger partial charge in [-0.2, -0.15) is 0 Å².